The average molecular weight is 382 g/mol. The lowest BCUT2D eigenvalue weighted by molar-refractivity contribution is 0.210. The summed E-state index contributed by atoms with van der Waals surface area (Å²) in [5.41, 5.74) is 0.293. The van der Waals surface area contributed by atoms with Gasteiger partial charge in [0, 0.05) is 5.02 Å². The van der Waals surface area contributed by atoms with E-state index in [-0.39, 0.29) is 11.0 Å². The number of nitrogens with one attached hydrogen (secondary N) is 1. The SMILES string of the molecule is COc1ccc(Cl)cc1NS(=O)(=O)c1ccc(OC2CCCC2)cc1. The van der Waals surface area contributed by atoms with Gasteiger partial charge in [-0.05, 0) is 68.1 Å². The Morgan fingerprint density at radius 3 is 2.40 bits per heavy atom. The molecule has 7 heteroatoms. The lowest BCUT2D eigenvalue weighted by Gasteiger charge is -2.14. The topological polar surface area (TPSA) is 64.6 Å². The Morgan fingerprint density at radius 1 is 1.08 bits per heavy atom. The van der Waals surface area contributed by atoms with E-state index in [1.807, 2.05) is 0 Å². The Morgan fingerprint density at radius 2 is 1.76 bits per heavy atom. The molecule has 1 N–H and O–H groups in total. The molecule has 134 valence electrons. The van der Waals surface area contributed by atoms with Gasteiger partial charge in [0.15, 0.2) is 0 Å². The fraction of sp³-hybridized carbons (Fsp3) is 0.333. The fourth-order valence-corrected chi connectivity index (χ4v) is 4.09. The monoisotopic (exact) mass is 381 g/mol. The van der Waals surface area contributed by atoms with Crippen LogP contribution in [-0.2, 0) is 10.0 Å². The summed E-state index contributed by atoms with van der Waals surface area (Å²) in [6, 6.07) is 11.2. The highest BCUT2D eigenvalue weighted by Crippen LogP contribution is 2.30. The third kappa shape index (κ3) is 4.38. The summed E-state index contributed by atoms with van der Waals surface area (Å²) in [6.07, 6.45) is 4.70. The molecule has 0 saturated heterocycles. The van der Waals surface area contributed by atoms with Crippen molar-refractivity contribution in [3.05, 3.63) is 47.5 Å². The van der Waals surface area contributed by atoms with Gasteiger partial charge in [-0.15, -0.1) is 0 Å². The molecule has 25 heavy (non-hydrogen) atoms. The van der Waals surface area contributed by atoms with E-state index in [1.54, 1.807) is 24.3 Å². The number of rotatable bonds is 6. The molecule has 0 radical (unpaired) electrons. The van der Waals surface area contributed by atoms with Crippen LogP contribution in [0.1, 0.15) is 25.7 Å². The van der Waals surface area contributed by atoms with E-state index in [0.29, 0.717) is 22.2 Å². The zero-order valence-electron chi connectivity index (χ0n) is 13.9. The first kappa shape index (κ1) is 17.9. The molecule has 1 saturated carbocycles. The average Bonchev–Trinajstić information content (AvgIpc) is 3.08. The first-order chi connectivity index (χ1) is 12.0. The minimum absolute atomic E-state index is 0.147. The highest BCUT2D eigenvalue weighted by molar-refractivity contribution is 7.92. The van der Waals surface area contributed by atoms with Crippen molar-refractivity contribution in [2.75, 3.05) is 11.8 Å². The van der Waals surface area contributed by atoms with E-state index in [9.17, 15) is 8.42 Å². The Balaban J connectivity index is 1.77. The summed E-state index contributed by atoms with van der Waals surface area (Å²) >= 11 is 5.94. The van der Waals surface area contributed by atoms with Gasteiger partial charge in [0.2, 0.25) is 0 Å². The van der Waals surface area contributed by atoms with Crippen LogP contribution in [0.5, 0.6) is 11.5 Å². The number of hydrogen-bond acceptors (Lipinski definition) is 4. The summed E-state index contributed by atoms with van der Waals surface area (Å²) in [7, 11) is -2.28. The molecule has 1 fully saturated rings. The maximum Gasteiger partial charge on any atom is 0.262 e. The highest BCUT2D eigenvalue weighted by atomic mass is 35.5. The van der Waals surface area contributed by atoms with Crippen LogP contribution in [0.3, 0.4) is 0 Å². The van der Waals surface area contributed by atoms with Crippen molar-refractivity contribution in [1.82, 2.24) is 0 Å². The molecule has 3 rings (SSSR count). The van der Waals surface area contributed by atoms with Crippen LogP contribution >= 0.6 is 11.6 Å². The van der Waals surface area contributed by atoms with E-state index in [1.165, 1.54) is 38.2 Å². The standard InChI is InChI=1S/C18H20ClNO4S/c1-23-18-11-6-13(19)12-17(18)20-25(21,22)16-9-7-15(8-10-16)24-14-4-2-3-5-14/h6-12,14,20H,2-5H2,1H3. The first-order valence-electron chi connectivity index (χ1n) is 8.11. The molecule has 0 atom stereocenters. The van der Waals surface area contributed by atoms with Crippen molar-refractivity contribution < 1.29 is 17.9 Å². The van der Waals surface area contributed by atoms with Gasteiger partial charge in [-0.3, -0.25) is 4.72 Å². The van der Waals surface area contributed by atoms with Crippen LogP contribution in [0.15, 0.2) is 47.4 Å². The van der Waals surface area contributed by atoms with Gasteiger partial charge in [-0.25, -0.2) is 8.42 Å². The molecule has 0 spiro atoms. The van der Waals surface area contributed by atoms with Gasteiger partial charge in [0.25, 0.3) is 10.0 Å². The number of sulfonamides is 1. The second-order valence-electron chi connectivity index (χ2n) is 5.95. The van der Waals surface area contributed by atoms with Gasteiger partial charge in [0.05, 0.1) is 23.8 Å². The minimum atomic E-state index is -3.75. The van der Waals surface area contributed by atoms with Gasteiger partial charge in [-0.2, -0.15) is 0 Å². The predicted molar refractivity (Wildman–Crippen MR) is 98.1 cm³/mol. The molecule has 2 aromatic carbocycles. The predicted octanol–water partition coefficient (Wildman–Crippen LogP) is 4.47. The number of benzene rings is 2. The molecule has 0 amide bonds. The normalized spacial score (nSPS) is 15.1. The molecule has 0 aliphatic heterocycles. The van der Waals surface area contributed by atoms with Crippen molar-refractivity contribution in [1.29, 1.82) is 0 Å². The quantitative estimate of drug-likeness (QED) is 0.801. The van der Waals surface area contributed by atoms with Crippen LogP contribution in [-0.4, -0.2) is 21.6 Å². The second kappa shape index (κ2) is 7.54. The van der Waals surface area contributed by atoms with E-state index in [4.69, 9.17) is 21.1 Å². The van der Waals surface area contributed by atoms with Crippen LogP contribution in [0.4, 0.5) is 5.69 Å². The Bertz CT molecular complexity index is 831. The smallest absolute Gasteiger partial charge is 0.262 e. The van der Waals surface area contributed by atoms with Crippen LogP contribution < -0.4 is 14.2 Å². The third-order valence-corrected chi connectivity index (χ3v) is 5.76. The molecule has 0 bridgehead atoms. The Hall–Kier alpha value is -1.92. The van der Waals surface area contributed by atoms with Gasteiger partial charge < -0.3 is 9.47 Å². The number of hydrogen-bond donors (Lipinski definition) is 1. The second-order valence-corrected chi connectivity index (χ2v) is 8.06. The first-order valence-corrected chi connectivity index (χ1v) is 9.97. The van der Waals surface area contributed by atoms with Crippen molar-refractivity contribution in [3.8, 4) is 11.5 Å². The largest absolute Gasteiger partial charge is 0.495 e. The van der Waals surface area contributed by atoms with E-state index in [2.05, 4.69) is 4.72 Å². The summed E-state index contributed by atoms with van der Waals surface area (Å²) in [4.78, 5) is 0.147. The van der Waals surface area contributed by atoms with E-state index >= 15 is 0 Å². The molecular weight excluding hydrogens is 362 g/mol. The van der Waals surface area contributed by atoms with E-state index in [0.717, 1.165) is 12.8 Å². The van der Waals surface area contributed by atoms with Crippen molar-refractivity contribution in [2.24, 2.45) is 0 Å². The minimum Gasteiger partial charge on any atom is -0.495 e. The molecular formula is C18H20ClNO4S. The van der Waals surface area contributed by atoms with Gasteiger partial charge in [0.1, 0.15) is 11.5 Å². The summed E-state index contributed by atoms with van der Waals surface area (Å²) < 4.78 is 38.7. The zero-order chi connectivity index (χ0) is 17.9. The van der Waals surface area contributed by atoms with Crippen molar-refractivity contribution >= 4 is 27.3 Å². The lowest BCUT2D eigenvalue weighted by atomic mass is 10.3. The molecule has 0 aromatic heterocycles. The zero-order valence-corrected chi connectivity index (χ0v) is 15.4. The third-order valence-electron chi connectivity index (χ3n) is 4.14. The van der Waals surface area contributed by atoms with Crippen LogP contribution in [0, 0.1) is 0 Å². The van der Waals surface area contributed by atoms with Gasteiger partial charge >= 0.3 is 0 Å². The molecule has 1 aliphatic rings. The summed E-state index contributed by atoms with van der Waals surface area (Å²) in [5.74, 6) is 1.08. The molecule has 0 heterocycles. The molecule has 0 unspecified atom stereocenters. The lowest BCUT2D eigenvalue weighted by Crippen LogP contribution is -2.14. The van der Waals surface area contributed by atoms with Crippen LogP contribution in [0.25, 0.3) is 0 Å². The maximum absolute atomic E-state index is 12.6. The summed E-state index contributed by atoms with van der Waals surface area (Å²) in [5, 5.41) is 0.416. The Kier molecular flexibility index (Phi) is 5.39. The number of ether oxygens (including phenoxy) is 2. The molecule has 5 nitrogen and oxygen atoms in total. The van der Waals surface area contributed by atoms with Gasteiger partial charge in [-0.1, -0.05) is 11.6 Å². The molecule has 2 aromatic rings. The Labute approximate surface area is 153 Å². The highest BCUT2D eigenvalue weighted by Gasteiger charge is 2.19. The number of anilines is 1. The molecule has 1 aliphatic carbocycles. The maximum atomic E-state index is 12.6. The van der Waals surface area contributed by atoms with Crippen molar-refractivity contribution in [3.63, 3.8) is 0 Å². The fourth-order valence-electron chi connectivity index (χ4n) is 2.86. The number of methoxy groups -OCH3 is 1. The van der Waals surface area contributed by atoms with E-state index < -0.39 is 10.0 Å². The summed E-state index contributed by atoms with van der Waals surface area (Å²) in [6.45, 7) is 0. The van der Waals surface area contributed by atoms with Crippen molar-refractivity contribution in [2.45, 2.75) is 36.7 Å². The van der Waals surface area contributed by atoms with Crippen LogP contribution in [0.2, 0.25) is 5.02 Å². The number of halogens is 1.